The van der Waals surface area contributed by atoms with Crippen molar-refractivity contribution in [1.82, 2.24) is 19.7 Å². The molecule has 7 nitrogen and oxygen atoms in total. The van der Waals surface area contributed by atoms with Crippen LogP contribution in [-0.4, -0.2) is 31.4 Å². The number of carbonyl (C=O) groups is 2. The van der Waals surface area contributed by atoms with Gasteiger partial charge in [-0.25, -0.2) is 14.6 Å². The van der Waals surface area contributed by atoms with Crippen molar-refractivity contribution in [3.63, 3.8) is 0 Å². The fourth-order valence-corrected chi connectivity index (χ4v) is 3.08. The molecule has 1 N–H and O–H groups in total. The summed E-state index contributed by atoms with van der Waals surface area (Å²) in [5.74, 6) is -0.434. The number of aromatic nitrogens is 4. The zero-order valence-corrected chi connectivity index (χ0v) is 14.6. The Labute approximate surface area is 142 Å². The minimum atomic E-state index is -0.302. The van der Waals surface area contributed by atoms with Gasteiger partial charge in [-0.05, 0) is 26.8 Å². The molecule has 1 amide bonds. The van der Waals surface area contributed by atoms with Gasteiger partial charge in [-0.3, -0.25) is 14.9 Å². The van der Waals surface area contributed by atoms with Crippen LogP contribution in [0.25, 0.3) is 11.0 Å². The second-order valence-corrected chi connectivity index (χ2v) is 6.62. The lowest BCUT2D eigenvalue weighted by Crippen LogP contribution is -2.14. The van der Waals surface area contributed by atoms with E-state index in [1.807, 2.05) is 18.5 Å². The first-order chi connectivity index (χ1) is 11.4. The van der Waals surface area contributed by atoms with Gasteiger partial charge in [-0.2, -0.15) is 5.10 Å². The van der Waals surface area contributed by atoms with E-state index in [0.29, 0.717) is 22.1 Å². The summed E-state index contributed by atoms with van der Waals surface area (Å²) in [4.78, 5) is 32.4. The Morgan fingerprint density at radius 2 is 2.04 bits per heavy atom. The first-order valence-corrected chi connectivity index (χ1v) is 8.37. The van der Waals surface area contributed by atoms with Crippen molar-refractivity contribution in [2.24, 2.45) is 0 Å². The number of amides is 1. The van der Waals surface area contributed by atoms with Crippen molar-refractivity contribution >= 4 is 39.2 Å². The Morgan fingerprint density at radius 1 is 1.29 bits per heavy atom. The summed E-state index contributed by atoms with van der Waals surface area (Å²) in [6, 6.07) is 1.97. The van der Waals surface area contributed by atoms with Crippen LogP contribution in [0.5, 0.6) is 0 Å². The maximum Gasteiger partial charge on any atom is 0.259 e. The molecule has 0 radical (unpaired) electrons. The van der Waals surface area contributed by atoms with E-state index in [9.17, 15) is 9.59 Å². The Morgan fingerprint density at radius 3 is 2.67 bits per heavy atom. The van der Waals surface area contributed by atoms with E-state index in [0.717, 1.165) is 11.0 Å². The zero-order chi connectivity index (χ0) is 17.4. The van der Waals surface area contributed by atoms with Crippen molar-refractivity contribution in [2.45, 2.75) is 33.7 Å². The number of anilines is 1. The van der Waals surface area contributed by atoms with Gasteiger partial charge in [0.1, 0.15) is 5.69 Å². The Bertz CT molecular complexity index is 941. The normalized spacial score (nSPS) is 11.2. The summed E-state index contributed by atoms with van der Waals surface area (Å²) in [7, 11) is 0. The third-order valence-electron chi connectivity index (χ3n) is 3.58. The maximum absolute atomic E-state index is 12.5. The average molecular weight is 343 g/mol. The zero-order valence-electron chi connectivity index (χ0n) is 13.8. The quantitative estimate of drug-likeness (QED) is 0.735. The summed E-state index contributed by atoms with van der Waals surface area (Å²) < 4.78 is 1.82. The van der Waals surface area contributed by atoms with Crippen LogP contribution in [0.3, 0.4) is 0 Å². The average Bonchev–Trinajstić information content (AvgIpc) is 3.12. The number of Topliss-reactive ketones (excluding diaryl/α,β-unsaturated/α-hetero) is 1. The molecule has 0 aliphatic carbocycles. The van der Waals surface area contributed by atoms with Gasteiger partial charge in [0, 0.05) is 23.7 Å². The minimum absolute atomic E-state index is 0.132. The second-order valence-electron chi connectivity index (χ2n) is 5.77. The van der Waals surface area contributed by atoms with Crippen molar-refractivity contribution in [3.05, 3.63) is 34.6 Å². The molecule has 0 saturated heterocycles. The van der Waals surface area contributed by atoms with Gasteiger partial charge < -0.3 is 0 Å². The molecule has 0 bridgehead atoms. The smallest absolute Gasteiger partial charge is 0.259 e. The van der Waals surface area contributed by atoms with Crippen LogP contribution in [0.15, 0.2) is 17.6 Å². The van der Waals surface area contributed by atoms with E-state index < -0.39 is 0 Å². The van der Waals surface area contributed by atoms with E-state index in [1.165, 1.54) is 18.3 Å². The van der Waals surface area contributed by atoms with E-state index in [4.69, 9.17) is 0 Å². The SMILES string of the molecule is CC(=O)c1csc(NC(=O)c2cc3cnn(C(C)C)c3nc2C)n1. The molecule has 3 aromatic rings. The number of nitrogens with zero attached hydrogens (tertiary/aromatic N) is 4. The predicted octanol–water partition coefficient (Wildman–Crippen LogP) is 3.23. The molecular formula is C16H17N5O2S. The lowest BCUT2D eigenvalue weighted by molar-refractivity contribution is 0.100. The third kappa shape index (κ3) is 2.92. The molecule has 124 valence electrons. The molecule has 0 aliphatic heterocycles. The summed E-state index contributed by atoms with van der Waals surface area (Å²) in [6.07, 6.45) is 1.70. The highest BCUT2D eigenvalue weighted by Gasteiger charge is 2.17. The van der Waals surface area contributed by atoms with Crippen LogP contribution >= 0.6 is 11.3 Å². The molecule has 0 aliphatic rings. The molecule has 3 rings (SSSR count). The number of rotatable bonds is 4. The summed E-state index contributed by atoms with van der Waals surface area (Å²) in [6.45, 7) is 7.28. The van der Waals surface area contributed by atoms with Gasteiger partial charge in [0.15, 0.2) is 16.6 Å². The molecular weight excluding hydrogens is 326 g/mol. The topological polar surface area (TPSA) is 89.8 Å². The van der Waals surface area contributed by atoms with E-state index in [1.54, 1.807) is 24.6 Å². The first kappa shape index (κ1) is 16.3. The first-order valence-electron chi connectivity index (χ1n) is 7.49. The van der Waals surface area contributed by atoms with Crippen LogP contribution in [0, 0.1) is 6.92 Å². The van der Waals surface area contributed by atoms with Gasteiger partial charge in [0.05, 0.1) is 17.5 Å². The number of aryl methyl sites for hydroxylation is 1. The van der Waals surface area contributed by atoms with Crippen LogP contribution in [0.2, 0.25) is 0 Å². The lowest BCUT2D eigenvalue weighted by Gasteiger charge is -2.09. The number of hydrogen-bond donors (Lipinski definition) is 1. The molecule has 3 aromatic heterocycles. The fourth-order valence-electron chi connectivity index (χ4n) is 2.33. The van der Waals surface area contributed by atoms with Crippen LogP contribution in [0.1, 0.15) is 53.4 Å². The highest BCUT2D eigenvalue weighted by atomic mass is 32.1. The summed E-state index contributed by atoms with van der Waals surface area (Å²) >= 11 is 1.22. The summed E-state index contributed by atoms with van der Waals surface area (Å²) in [5, 5.41) is 9.86. The van der Waals surface area contributed by atoms with Crippen LogP contribution in [0.4, 0.5) is 5.13 Å². The molecule has 0 spiro atoms. The molecule has 0 unspecified atom stereocenters. The highest BCUT2D eigenvalue weighted by molar-refractivity contribution is 7.14. The largest absolute Gasteiger partial charge is 0.298 e. The van der Waals surface area contributed by atoms with Gasteiger partial charge >= 0.3 is 0 Å². The van der Waals surface area contributed by atoms with Crippen LogP contribution < -0.4 is 5.32 Å². The second kappa shape index (κ2) is 6.12. The Balaban J connectivity index is 1.91. The number of carbonyl (C=O) groups excluding carboxylic acids is 2. The lowest BCUT2D eigenvalue weighted by atomic mass is 10.1. The van der Waals surface area contributed by atoms with Crippen molar-refractivity contribution in [3.8, 4) is 0 Å². The number of pyridine rings is 1. The van der Waals surface area contributed by atoms with E-state index in [2.05, 4.69) is 20.4 Å². The number of nitrogens with one attached hydrogen (secondary N) is 1. The Hall–Kier alpha value is -2.61. The van der Waals surface area contributed by atoms with E-state index in [-0.39, 0.29) is 17.7 Å². The number of thiazole rings is 1. The van der Waals surface area contributed by atoms with Crippen molar-refractivity contribution in [2.75, 3.05) is 5.32 Å². The molecule has 8 heteroatoms. The summed E-state index contributed by atoms with van der Waals surface area (Å²) in [5.41, 5.74) is 2.18. The van der Waals surface area contributed by atoms with Gasteiger partial charge in [-0.1, -0.05) is 0 Å². The third-order valence-corrected chi connectivity index (χ3v) is 4.34. The molecule has 0 fully saturated rings. The molecule has 0 aromatic carbocycles. The Kier molecular flexibility index (Phi) is 4.15. The van der Waals surface area contributed by atoms with Crippen LogP contribution in [-0.2, 0) is 0 Å². The monoisotopic (exact) mass is 343 g/mol. The van der Waals surface area contributed by atoms with Gasteiger partial charge in [0.25, 0.3) is 5.91 Å². The maximum atomic E-state index is 12.5. The fraction of sp³-hybridized carbons (Fsp3) is 0.312. The molecule has 0 atom stereocenters. The number of ketones is 1. The van der Waals surface area contributed by atoms with Crippen molar-refractivity contribution < 1.29 is 9.59 Å². The predicted molar refractivity (Wildman–Crippen MR) is 92.7 cm³/mol. The molecule has 0 saturated carbocycles. The van der Waals surface area contributed by atoms with E-state index >= 15 is 0 Å². The number of hydrogen-bond acceptors (Lipinski definition) is 6. The number of fused-ring (bicyclic) bond motifs is 1. The molecule has 24 heavy (non-hydrogen) atoms. The minimum Gasteiger partial charge on any atom is -0.298 e. The van der Waals surface area contributed by atoms with Gasteiger partial charge in [0.2, 0.25) is 0 Å². The van der Waals surface area contributed by atoms with Crippen molar-refractivity contribution in [1.29, 1.82) is 0 Å². The standard InChI is InChI=1S/C16H17N5O2S/c1-8(2)21-14-11(6-17-21)5-12(9(3)18-14)15(23)20-16-19-13(7-24-16)10(4)22/h5-8H,1-4H3,(H,19,20,23). The molecule has 3 heterocycles. The highest BCUT2D eigenvalue weighted by Crippen LogP contribution is 2.21. The van der Waals surface area contributed by atoms with Gasteiger partial charge in [-0.15, -0.1) is 11.3 Å².